The van der Waals surface area contributed by atoms with E-state index in [9.17, 15) is 4.39 Å². The summed E-state index contributed by atoms with van der Waals surface area (Å²) in [7, 11) is 1.66. The van der Waals surface area contributed by atoms with E-state index in [-0.39, 0.29) is 5.82 Å². The van der Waals surface area contributed by atoms with Gasteiger partial charge in [-0.3, -0.25) is 0 Å². The van der Waals surface area contributed by atoms with Gasteiger partial charge in [0.05, 0.1) is 7.11 Å². The van der Waals surface area contributed by atoms with Crippen molar-refractivity contribution in [2.45, 2.75) is 38.0 Å². The molecule has 1 saturated carbocycles. The summed E-state index contributed by atoms with van der Waals surface area (Å²) in [5, 5.41) is 0. The van der Waals surface area contributed by atoms with E-state index < -0.39 is 0 Å². The molecule has 0 atom stereocenters. The lowest BCUT2D eigenvalue weighted by atomic mass is 9.84. The van der Waals surface area contributed by atoms with E-state index in [4.69, 9.17) is 4.74 Å². The number of hydrogen-bond acceptors (Lipinski definition) is 1. The van der Waals surface area contributed by atoms with Crippen molar-refractivity contribution in [1.29, 1.82) is 0 Å². The van der Waals surface area contributed by atoms with Gasteiger partial charge in [-0.1, -0.05) is 49.6 Å². The predicted octanol–water partition coefficient (Wildman–Crippen LogP) is 5.57. The van der Waals surface area contributed by atoms with Crippen LogP contribution in [0.2, 0.25) is 0 Å². The fourth-order valence-corrected chi connectivity index (χ4v) is 2.75. The lowest BCUT2D eigenvalue weighted by molar-refractivity contribution is 0.415. The molecule has 0 N–H and O–H groups in total. The lowest BCUT2D eigenvalue weighted by Crippen LogP contribution is -2.04. The number of rotatable bonds is 2. The first-order valence-corrected chi connectivity index (χ1v) is 7.64. The predicted molar refractivity (Wildman–Crippen MR) is 85.2 cm³/mol. The van der Waals surface area contributed by atoms with Crippen LogP contribution in [0.4, 0.5) is 4.39 Å². The van der Waals surface area contributed by atoms with Crippen LogP contribution in [0.25, 0.3) is 0 Å². The first-order valence-electron chi connectivity index (χ1n) is 7.64. The Kier molecular flexibility index (Phi) is 6.26. The summed E-state index contributed by atoms with van der Waals surface area (Å²) in [4.78, 5) is 0. The van der Waals surface area contributed by atoms with Gasteiger partial charge in [0.1, 0.15) is 11.6 Å². The third-order valence-electron chi connectivity index (χ3n) is 3.90. The molecule has 0 bridgehead atoms. The van der Waals surface area contributed by atoms with Crippen LogP contribution >= 0.6 is 0 Å². The molecule has 0 radical (unpaired) electrons. The van der Waals surface area contributed by atoms with Crippen LogP contribution in [0.3, 0.4) is 0 Å². The maximum Gasteiger partial charge on any atom is 0.123 e. The number of ether oxygens (including phenoxy) is 1. The first-order chi connectivity index (χ1) is 10.3. The van der Waals surface area contributed by atoms with Crippen LogP contribution in [0.5, 0.6) is 5.75 Å². The van der Waals surface area contributed by atoms with Gasteiger partial charge in [-0.05, 0) is 48.6 Å². The standard InChI is InChI=1S/C12H15F.C7H8O/c13-12-8-4-7-11(9-12)10-5-2-1-3-6-10;1-8-7-5-3-2-4-6-7/h4,7-10H,1-3,5-6H2;2-6H,1H3. The Morgan fingerprint density at radius 2 is 1.62 bits per heavy atom. The molecular weight excluding hydrogens is 263 g/mol. The Morgan fingerprint density at radius 3 is 2.19 bits per heavy atom. The number of methoxy groups -OCH3 is 1. The molecule has 0 heterocycles. The average molecular weight is 286 g/mol. The molecule has 2 heteroatoms. The zero-order valence-electron chi connectivity index (χ0n) is 12.6. The van der Waals surface area contributed by atoms with Crippen molar-refractivity contribution in [1.82, 2.24) is 0 Å². The molecule has 1 aliphatic rings. The van der Waals surface area contributed by atoms with E-state index in [1.165, 1.54) is 43.7 Å². The van der Waals surface area contributed by atoms with Crippen LogP contribution in [0.1, 0.15) is 43.6 Å². The summed E-state index contributed by atoms with van der Waals surface area (Å²) >= 11 is 0. The minimum absolute atomic E-state index is 0.0944. The van der Waals surface area contributed by atoms with E-state index in [1.807, 2.05) is 36.4 Å². The minimum atomic E-state index is -0.0944. The highest BCUT2D eigenvalue weighted by molar-refractivity contribution is 5.21. The summed E-state index contributed by atoms with van der Waals surface area (Å²) in [6.07, 6.45) is 6.45. The monoisotopic (exact) mass is 286 g/mol. The Morgan fingerprint density at radius 1 is 0.905 bits per heavy atom. The molecule has 0 spiro atoms. The van der Waals surface area contributed by atoms with Gasteiger partial charge in [-0.2, -0.15) is 0 Å². The van der Waals surface area contributed by atoms with Gasteiger partial charge in [0, 0.05) is 0 Å². The van der Waals surface area contributed by atoms with Gasteiger partial charge in [-0.25, -0.2) is 4.39 Å². The number of halogens is 1. The molecule has 21 heavy (non-hydrogen) atoms. The molecule has 2 aromatic rings. The topological polar surface area (TPSA) is 9.23 Å². The zero-order valence-corrected chi connectivity index (χ0v) is 12.6. The van der Waals surface area contributed by atoms with E-state index in [0.717, 1.165) is 5.75 Å². The fourth-order valence-electron chi connectivity index (χ4n) is 2.75. The second-order valence-electron chi connectivity index (χ2n) is 5.41. The largest absolute Gasteiger partial charge is 0.497 e. The summed E-state index contributed by atoms with van der Waals surface area (Å²) in [6.45, 7) is 0. The highest BCUT2D eigenvalue weighted by atomic mass is 19.1. The van der Waals surface area contributed by atoms with Gasteiger partial charge in [0.15, 0.2) is 0 Å². The highest BCUT2D eigenvalue weighted by Crippen LogP contribution is 2.32. The molecule has 0 aliphatic heterocycles. The molecular formula is C19H23FO. The normalized spacial score (nSPS) is 15.0. The molecule has 1 nitrogen and oxygen atoms in total. The minimum Gasteiger partial charge on any atom is -0.497 e. The van der Waals surface area contributed by atoms with E-state index in [0.29, 0.717) is 5.92 Å². The van der Waals surface area contributed by atoms with Crippen LogP contribution in [-0.4, -0.2) is 7.11 Å². The van der Waals surface area contributed by atoms with Crippen molar-refractivity contribution in [3.8, 4) is 5.75 Å². The summed E-state index contributed by atoms with van der Waals surface area (Å²) in [5.74, 6) is 1.43. The summed E-state index contributed by atoms with van der Waals surface area (Å²) < 4.78 is 17.8. The van der Waals surface area contributed by atoms with E-state index >= 15 is 0 Å². The van der Waals surface area contributed by atoms with Crippen molar-refractivity contribution in [3.05, 3.63) is 66.0 Å². The Balaban J connectivity index is 0.000000173. The maximum absolute atomic E-state index is 12.9. The molecule has 112 valence electrons. The van der Waals surface area contributed by atoms with Crippen molar-refractivity contribution in [2.24, 2.45) is 0 Å². The Bertz CT molecular complexity index is 518. The van der Waals surface area contributed by atoms with Gasteiger partial charge < -0.3 is 4.74 Å². The van der Waals surface area contributed by atoms with Crippen molar-refractivity contribution < 1.29 is 9.13 Å². The van der Waals surface area contributed by atoms with Gasteiger partial charge in [0.2, 0.25) is 0 Å². The smallest absolute Gasteiger partial charge is 0.123 e. The van der Waals surface area contributed by atoms with Gasteiger partial charge in [0.25, 0.3) is 0 Å². The average Bonchev–Trinajstić information content (AvgIpc) is 2.57. The number of hydrogen-bond donors (Lipinski definition) is 0. The molecule has 0 amide bonds. The van der Waals surface area contributed by atoms with Gasteiger partial charge >= 0.3 is 0 Å². The molecule has 0 unspecified atom stereocenters. The summed E-state index contributed by atoms with van der Waals surface area (Å²) in [6, 6.07) is 16.8. The number of benzene rings is 2. The number of para-hydroxylation sites is 1. The van der Waals surface area contributed by atoms with Crippen molar-refractivity contribution >= 4 is 0 Å². The molecule has 2 aromatic carbocycles. The van der Waals surface area contributed by atoms with E-state index in [1.54, 1.807) is 13.2 Å². The lowest BCUT2D eigenvalue weighted by Gasteiger charge is -2.21. The zero-order chi connectivity index (χ0) is 14.9. The summed E-state index contributed by atoms with van der Waals surface area (Å²) in [5.41, 5.74) is 1.19. The second kappa shape index (κ2) is 8.46. The molecule has 1 fully saturated rings. The molecule has 1 aliphatic carbocycles. The van der Waals surface area contributed by atoms with Crippen molar-refractivity contribution in [2.75, 3.05) is 7.11 Å². The van der Waals surface area contributed by atoms with Crippen LogP contribution in [-0.2, 0) is 0 Å². The fraction of sp³-hybridized carbons (Fsp3) is 0.368. The maximum atomic E-state index is 12.9. The third-order valence-corrected chi connectivity index (χ3v) is 3.90. The van der Waals surface area contributed by atoms with Crippen molar-refractivity contribution in [3.63, 3.8) is 0 Å². The van der Waals surface area contributed by atoms with Crippen LogP contribution in [0.15, 0.2) is 54.6 Å². The third kappa shape index (κ3) is 5.22. The van der Waals surface area contributed by atoms with E-state index in [2.05, 4.69) is 6.07 Å². The Labute approximate surface area is 126 Å². The highest BCUT2D eigenvalue weighted by Gasteiger charge is 2.15. The first kappa shape index (κ1) is 15.6. The van der Waals surface area contributed by atoms with Crippen LogP contribution < -0.4 is 4.74 Å². The van der Waals surface area contributed by atoms with Crippen LogP contribution in [0, 0.1) is 5.82 Å². The molecule has 0 aromatic heterocycles. The molecule has 3 rings (SSSR count). The Hall–Kier alpha value is -1.83. The van der Waals surface area contributed by atoms with Gasteiger partial charge in [-0.15, -0.1) is 0 Å². The second-order valence-corrected chi connectivity index (χ2v) is 5.41. The quantitative estimate of drug-likeness (QED) is 0.701. The SMILES string of the molecule is COc1ccccc1.Fc1cccc(C2CCCCC2)c1. The molecule has 0 saturated heterocycles.